The van der Waals surface area contributed by atoms with Crippen molar-refractivity contribution in [2.45, 2.75) is 26.8 Å². The summed E-state index contributed by atoms with van der Waals surface area (Å²) in [4.78, 5) is 19.0. The van der Waals surface area contributed by atoms with Crippen molar-refractivity contribution in [1.29, 1.82) is 0 Å². The van der Waals surface area contributed by atoms with E-state index in [2.05, 4.69) is 18.8 Å². The van der Waals surface area contributed by atoms with E-state index in [0.717, 1.165) is 30.0 Å². The molecule has 1 aliphatic heterocycles. The molecular formula is C19H25ClN4O2. The lowest BCUT2D eigenvalue weighted by atomic mass is 10.1. The molecule has 0 radical (unpaired) electrons. The second-order valence-electron chi connectivity index (χ2n) is 6.86. The second-order valence-corrected chi connectivity index (χ2v) is 7.22. The van der Waals surface area contributed by atoms with Crippen molar-refractivity contribution in [3.63, 3.8) is 0 Å². The molecule has 0 unspecified atom stereocenters. The highest BCUT2D eigenvalue weighted by atomic mass is 35.5. The van der Waals surface area contributed by atoms with E-state index in [-0.39, 0.29) is 5.91 Å². The van der Waals surface area contributed by atoms with Gasteiger partial charge in [-0.2, -0.15) is 0 Å². The van der Waals surface area contributed by atoms with Crippen LogP contribution in [0.2, 0.25) is 5.15 Å². The third kappa shape index (κ3) is 3.86. The molecule has 2 N–H and O–H groups in total. The van der Waals surface area contributed by atoms with Crippen molar-refractivity contribution in [2.24, 2.45) is 11.7 Å². The third-order valence-electron chi connectivity index (χ3n) is 4.49. The van der Waals surface area contributed by atoms with Gasteiger partial charge < -0.3 is 19.9 Å². The van der Waals surface area contributed by atoms with Crippen LogP contribution in [0.25, 0.3) is 11.3 Å². The van der Waals surface area contributed by atoms with Gasteiger partial charge in [-0.3, -0.25) is 4.79 Å². The number of ether oxygens (including phenoxy) is 1. The number of hydrogen-bond donors (Lipinski definition) is 1. The lowest BCUT2D eigenvalue weighted by Crippen LogP contribution is -2.41. The monoisotopic (exact) mass is 376 g/mol. The summed E-state index contributed by atoms with van der Waals surface area (Å²) in [6.07, 6.45) is 0.983. The highest BCUT2D eigenvalue weighted by molar-refractivity contribution is 6.32. The van der Waals surface area contributed by atoms with Gasteiger partial charge in [0.25, 0.3) is 5.91 Å². The van der Waals surface area contributed by atoms with Gasteiger partial charge in [-0.05, 0) is 36.6 Å². The van der Waals surface area contributed by atoms with Crippen LogP contribution in [-0.2, 0) is 6.54 Å². The lowest BCUT2D eigenvalue weighted by Gasteiger charge is -2.28. The molecule has 7 heteroatoms. The van der Waals surface area contributed by atoms with Crippen molar-refractivity contribution >= 4 is 17.5 Å². The van der Waals surface area contributed by atoms with Gasteiger partial charge in [-0.15, -0.1) is 0 Å². The summed E-state index contributed by atoms with van der Waals surface area (Å²) in [5, 5.41) is 0.356. The minimum absolute atomic E-state index is 0.0482. The number of nitrogens with two attached hydrogens (primary N) is 1. The number of rotatable bonds is 7. The number of benzene rings is 1. The Morgan fingerprint density at radius 3 is 2.65 bits per heavy atom. The van der Waals surface area contributed by atoms with Gasteiger partial charge in [-0.1, -0.05) is 25.4 Å². The van der Waals surface area contributed by atoms with Crippen LogP contribution in [0.15, 0.2) is 24.3 Å². The van der Waals surface area contributed by atoms with Gasteiger partial charge in [0.15, 0.2) is 5.15 Å². The first-order chi connectivity index (χ1) is 12.5. The van der Waals surface area contributed by atoms with Gasteiger partial charge in [0, 0.05) is 31.7 Å². The standard InChI is InChI=1S/C19H25ClN4O2/c1-13(2)7-9-23-10-11-24-16(17(20)22-18(24)19(23)25)14-3-5-15(6-4-14)26-12-8-21/h3-6,13H,7-12,21H2,1-2H3. The molecule has 1 aliphatic rings. The third-order valence-corrected chi connectivity index (χ3v) is 4.75. The molecule has 0 aliphatic carbocycles. The van der Waals surface area contributed by atoms with E-state index in [9.17, 15) is 4.79 Å². The first kappa shape index (κ1) is 18.7. The molecule has 2 aromatic rings. The van der Waals surface area contributed by atoms with Crippen LogP contribution in [0.1, 0.15) is 30.9 Å². The minimum atomic E-state index is -0.0482. The van der Waals surface area contributed by atoms with Crippen LogP contribution in [-0.4, -0.2) is 46.6 Å². The van der Waals surface area contributed by atoms with Gasteiger partial charge in [-0.25, -0.2) is 4.98 Å². The van der Waals surface area contributed by atoms with Crippen LogP contribution in [0.3, 0.4) is 0 Å². The highest BCUT2D eigenvalue weighted by Gasteiger charge is 2.30. The Balaban J connectivity index is 1.83. The molecule has 2 heterocycles. The number of halogens is 1. The number of imidazole rings is 1. The quantitative estimate of drug-likeness (QED) is 0.806. The van der Waals surface area contributed by atoms with Crippen LogP contribution >= 0.6 is 11.6 Å². The van der Waals surface area contributed by atoms with Crippen molar-refractivity contribution < 1.29 is 9.53 Å². The van der Waals surface area contributed by atoms with E-state index in [0.29, 0.717) is 43.1 Å². The number of carbonyl (C=O) groups excluding carboxylic acids is 1. The maximum atomic E-state index is 12.8. The zero-order valence-electron chi connectivity index (χ0n) is 15.2. The summed E-state index contributed by atoms with van der Waals surface area (Å²) in [7, 11) is 0. The molecule has 0 fully saturated rings. The fourth-order valence-corrected chi connectivity index (χ4v) is 3.35. The van der Waals surface area contributed by atoms with E-state index in [4.69, 9.17) is 22.1 Å². The number of hydrogen-bond acceptors (Lipinski definition) is 4. The molecule has 0 atom stereocenters. The zero-order valence-corrected chi connectivity index (χ0v) is 16.0. The Labute approximate surface area is 158 Å². The van der Waals surface area contributed by atoms with Crippen LogP contribution in [0.4, 0.5) is 0 Å². The molecule has 1 aromatic heterocycles. The predicted octanol–water partition coefficient (Wildman–Crippen LogP) is 3.04. The largest absolute Gasteiger partial charge is 0.492 e. The molecular weight excluding hydrogens is 352 g/mol. The van der Waals surface area contributed by atoms with E-state index in [1.165, 1.54) is 0 Å². The molecule has 3 rings (SSSR count). The van der Waals surface area contributed by atoms with Gasteiger partial charge in [0.05, 0.1) is 5.69 Å². The number of amides is 1. The Kier molecular flexibility index (Phi) is 5.84. The summed E-state index contributed by atoms with van der Waals surface area (Å²) < 4.78 is 7.43. The Morgan fingerprint density at radius 1 is 1.27 bits per heavy atom. The Hall–Kier alpha value is -2.05. The number of nitrogens with zero attached hydrogens (tertiary/aromatic N) is 3. The average molecular weight is 377 g/mol. The summed E-state index contributed by atoms with van der Waals surface area (Å²) in [5.41, 5.74) is 7.15. The SMILES string of the molecule is CC(C)CCN1CCn2c(nc(Cl)c2-c2ccc(OCCN)cc2)C1=O. The first-order valence-electron chi connectivity index (χ1n) is 9.00. The van der Waals surface area contributed by atoms with Crippen LogP contribution in [0.5, 0.6) is 5.75 Å². The predicted molar refractivity (Wildman–Crippen MR) is 103 cm³/mol. The zero-order chi connectivity index (χ0) is 18.7. The summed E-state index contributed by atoms with van der Waals surface area (Å²) in [5.74, 6) is 1.68. The van der Waals surface area contributed by atoms with Gasteiger partial charge >= 0.3 is 0 Å². The van der Waals surface area contributed by atoms with E-state index >= 15 is 0 Å². The smallest absolute Gasteiger partial charge is 0.289 e. The Morgan fingerprint density at radius 2 is 2.00 bits per heavy atom. The normalized spacial score (nSPS) is 14.0. The topological polar surface area (TPSA) is 73.4 Å². The molecule has 0 saturated heterocycles. The average Bonchev–Trinajstić information content (AvgIpc) is 2.96. The van der Waals surface area contributed by atoms with Crippen molar-refractivity contribution in [1.82, 2.24) is 14.5 Å². The molecule has 6 nitrogen and oxygen atoms in total. The molecule has 1 aromatic carbocycles. The first-order valence-corrected chi connectivity index (χ1v) is 9.37. The lowest BCUT2D eigenvalue weighted by molar-refractivity contribution is 0.0690. The second kappa shape index (κ2) is 8.10. The van der Waals surface area contributed by atoms with Gasteiger partial charge in [0.1, 0.15) is 12.4 Å². The van der Waals surface area contributed by atoms with E-state index in [1.54, 1.807) is 0 Å². The molecule has 140 valence electrons. The molecule has 0 spiro atoms. The fraction of sp³-hybridized carbons (Fsp3) is 0.474. The minimum Gasteiger partial charge on any atom is -0.492 e. The van der Waals surface area contributed by atoms with Crippen molar-refractivity contribution in [2.75, 3.05) is 26.2 Å². The van der Waals surface area contributed by atoms with Crippen molar-refractivity contribution in [3.05, 3.63) is 35.2 Å². The maximum Gasteiger partial charge on any atom is 0.289 e. The number of fused-ring (bicyclic) bond motifs is 1. The number of carbonyl (C=O) groups is 1. The van der Waals surface area contributed by atoms with E-state index in [1.807, 2.05) is 33.7 Å². The maximum absolute atomic E-state index is 12.8. The Bertz CT molecular complexity index is 771. The van der Waals surface area contributed by atoms with E-state index < -0.39 is 0 Å². The van der Waals surface area contributed by atoms with Crippen LogP contribution in [0, 0.1) is 5.92 Å². The van der Waals surface area contributed by atoms with Crippen LogP contribution < -0.4 is 10.5 Å². The number of aromatic nitrogens is 2. The molecule has 26 heavy (non-hydrogen) atoms. The molecule has 1 amide bonds. The fourth-order valence-electron chi connectivity index (χ4n) is 3.06. The summed E-state index contributed by atoms with van der Waals surface area (Å²) >= 11 is 6.38. The molecule has 0 bridgehead atoms. The highest BCUT2D eigenvalue weighted by Crippen LogP contribution is 2.32. The summed E-state index contributed by atoms with van der Waals surface area (Å²) in [6, 6.07) is 7.61. The summed E-state index contributed by atoms with van der Waals surface area (Å²) in [6.45, 7) is 7.39. The van der Waals surface area contributed by atoms with Gasteiger partial charge in [0.2, 0.25) is 5.82 Å². The van der Waals surface area contributed by atoms with Crippen molar-refractivity contribution in [3.8, 4) is 17.0 Å². The molecule has 0 saturated carbocycles.